The zero-order chi connectivity index (χ0) is 24.1. The van der Waals surface area contributed by atoms with Crippen molar-refractivity contribution in [3.63, 3.8) is 0 Å². The van der Waals surface area contributed by atoms with E-state index in [9.17, 15) is 9.59 Å². The van der Waals surface area contributed by atoms with Crippen LogP contribution >= 0.6 is 0 Å². The van der Waals surface area contributed by atoms with Crippen LogP contribution in [0.25, 0.3) is 0 Å². The number of carbonyl (C=O) groups is 2. The van der Waals surface area contributed by atoms with Crippen molar-refractivity contribution in [3.8, 4) is 11.5 Å². The normalized spacial score (nSPS) is 10.6. The van der Waals surface area contributed by atoms with Gasteiger partial charge in [0.05, 0.1) is 23.6 Å². The van der Waals surface area contributed by atoms with Crippen LogP contribution in [0.5, 0.6) is 11.5 Å². The minimum atomic E-state index is -0.223. The van der Waals surface area contributed by atoms with Gasteiger partial charge in [0.1, 0.15) is 11.5 Å². The fraction of sp³-hybridized carbons (Fsp3) is 0.148. The minimum absolute atomic E-state index is 0.136. The highest BCUT2D eigenvalue weighted by atomic mass is 16.5. The fourth-order valence-electron chi connectivity index (χ4n) is 3.64. The van der Waals surface area contributed by atoms with Crippen LogP contribution in [0.4, 0.5) is 5.69 Å². The standard InChI is InChI=1S/C27H26N4O3/c1-18-25(19(2)31(30-18)17-20-8-7-9-22(16-20)26(32)28-3)29-27(33)21-12-14-24(15-13-21)34-23-10-5-4-6-11-23/h4-16H,17H2,1-3H3,(H,28,32)(H,29,33). The summed E-state index contributed by atoms with van der Waals surface area (Å²) < 4.78 is 7.61. The lowest BCUT2D eigenvalue weighted by Crippen LogP contribution is -2.18. The van der Waals surface area contributed by atoms with Crippen LogP contribution in [0.15, 0.2) is 78.9 Å². The SMILES string of the molecule is CNC(=O)c1cccc(Cn2nc(C)c(NC(=O)c3ccc(Oc4ccccc4)cc3)c2C)c1. The predicted octanol–water partition coefficient (Wildman–Crippen LogP) is 4.95. The maximum atomic E-state index is 12.9. The van der Waals surface area contributed by atoms with Crippen LogP contribution < -0.4 is 15.4 Å². The molecule has 7 heteroatoms. The average Bonchev–Trinajstić information content (AvgIpc) is 3.12. The summed E-state index contributed by atoms with van der Waals surface area (Å²) in [5, 5.41) is 10.2. The number of hydrogen-bond donors (Lipinski definition) is 2. The summed E-state index contributed by atoms with van der Waals surface area (Å²) in [5.41, 5.74) is 4.29. The number of benzene rings is 3. The summed E-state index contributed by atoms with van der Waals surface area (Å²) in [6.45, 7) is 4.25. The first-order chi connectivity index (χ1) is 16.4. The van der Waals surface area contributed by atoms with Gasteiger partial charge in [-0.25, -0.2) is 0 Å². The number of aromatic nitrogens is 2. The van der Waals surface area contributed by atoms with Crippen molar-refractivity contribution in [3.05, 3.63) is 107 Å². The van der Waals surface area contributed by atoms with Crippen molar-refractivity contribution in [2.45, 2.75) is 20.4 Å². The van der Waals surface area contributed by atoms with E-state index >= 15 is 0 Å². The van der Waals surface area contributed by atoms with Crippen molar-refractivity contribution in [1.82, 2.24) is 15.1 Å². The molecule has 2 amide bonds. The first kappa shape index (κ1) is 22.8. The van der Waals surface area contributed by atoms with Crippen molar-refractivity contribution < 1.29 is 14.3 Å². The van der Waals surface area contributed by atoms with Crippen LogP contribution in [0.3, 0.4) is 0 Å². The molecule has 0 atom stereocenters. The molecule has 7 nitrogen and oxygen atoms in total. The summed E-state index contributed by atoms with van der Waals surface area (Å²) >= 11 is 0. The van der Waals surface area contributed by atoms with Crippen molar-refractivity contribution >= 4 is 17.5 Å². The van der Waals surface area contributed by atoms with Crippen molar-refractivity contribution in [2.24, 2.45) is 0 Å². The molecule has 0 aliphatic rings. The van der Waals surface area contributed by atoms with Gasteiger partial charge in [-0.1, -0.05) is 30.3 Å². The molecule has 1 heterocycles. The molecular weight excluding hydrogens is 428 g/mol. The van der Waals surface area contributed by atoms with E-state index in [2.05, 4.69) is 15.7 Å². The molecule has 0 fully saturated rings. The second-order valence-electron chi connectivity index (χ2n) is 7.88. The Morgan fingerprint density at radius 1 is 0.853 bits per heavy atom. The molecule has 1 aromatic heterocycles. The number of nitrogens with zero attached hydrogens (tertiary/aromatic N) is 2. The Kier molecular flexibility index (Phi) is 6.73. The van der Waals surface area contributed by atoms with Crippen LogP contribution in [0, 0.1) is 13.8 Å². The second-order valence-corrected chi connectivity index (χ2v) is 7.88. The molecule has 0 aliphatic heterocycles. The lowest BCUT2D eigenvalue weighted by Gasteiger charge is -2.09. The van der Waals surface area contributed by atoms with Gasteiger partial charge < -0.3 is 15.4 Å². The summed E-state index contributed by atoms with van der Waals surface area (Å²) in [7, 11) is 1.61. The highest BCUT2D eigenvalue weighted by Gasteiger charge is 2.16. The summed E-state index contributed by atoms with van der Waals surface area (Å²) in [5.74, 6) is 1.03. The molecule has 0 aliphatic carbocycles. The minimum Gasteiger partial charge on any atom is -0.457 e. The molecule has 0 bridgehead atoms. The number of anilines is 1. The number of aryl methyl sites for hydroxylation is 1. The monoisotopic (exact) mass is 454 g/mol. The second kappa shape index (κ2) is 10.0. The van der Waals surface area contributed by atoms with Crippen molar-refractivity contribution in [2.75, 3.05) is 12.4 Å². The average molecular weight is 455 g/mol. The highest BCUT2D eigenvalue weighted by molar-refractivity contribution is 6.05. The Morgan fingerprint density at radius 3 is 2.26 bits per heavy atom. The quantitative estimate of drug-likeness (QED) is 0.414. The van der Waals surface area contributed by atoms with E-state index < -0.39 is 0 Å². The topological polar surface area (TPSA) is 85.3 Å². The summed E-state index contributed by atoms with van der Waals surface area (Å²) in [4.78, 5) is 24.8. The smallest absolute Gasteiger partial charge is 0.255 e. The molecule has 3 aromatic carbocycles. The Balaban J connectivity index is 1.46. The van der Waals surface area contributed by atoms with Gasteiger partial charge in [0, 0.05) is 18.2 Å². The van der Waals surface area contributed by atoms with E-state index in [1.54, 1.807) is 37.4 Å². The zero-order valence-corrected chi connectivity index (χ0v) is 19.3. The Morgan fingerprint density at radius 2 is 1.56 bits per heavy atom. The molecule has 172 valence electrons. The van der Waals surface area contributed by atoms with Crippen LogP contribution in [0.2, 0.25) is 0 Å². The summed E-state index contributed by atoms with van der Waals surface area (Å²) in [6.07, 6.45) is 0. The molecule has 2 N–H and O–H groups in total. The van der Waals surface area contributed by atoms with Crippen LogP contribution in [-0.4, -0.2) is 28.6 Å². The van der Waals surface area contributed by atoms with Crippen LogP contribution in [-0.2, 0) is 6.54 Å². The van der Waals surface area contributed by atoms with Crippen molar-refractivity contribution in [1.29, 1.82) is 0 Å². The van der Waals surface area contributed by atoms with E-state index in [1.165, 1.54) is 0 Å². The fourth-order valence-corrected chi connectivity index (χ4v) is 3.64. The molecule has 4 aromatic rings. The number of para-hydroxylation sites is 1. The van der Waals surface area contributed by atoms with E-state index in [0.29, 0.717) is 29.1 Å². The third kappa shape index (κ3) is 5.15. The van der Waals surface area contributed by atoms with Gasteiger partial charge in [-0.2, -0.15) is 5.10 Å². The van der Waals surface area contributed by atoms with Gasteiger partial charge in [0.2, 0.25) is 0 Å². The first-order valence-corrected chi connectivity index (χ1v) is 10.9. The maximum Gasteiger partial charge on any atom is 0.255 e. The molecule has 0 spiro atoms. The number of rotatable bonds is 7. The molecule has 34 heavy (non-hydrogen) atoms. The Hall–Kier alpha value is -4.39. The largest absolute Gasteiger partial charge is 0.457 e. The van der Waals surface area contributed by atoms with E-state index in [0.717, 1.165) is 22.7 Å². The zero-order valence-electron chi connectivity index (χ0n) is 19.3. The molecule has 0 saturated carbocycles. The number of nitrogens with one attached hydrogen (secondary N) is 2. The third-order valence-corrected chi connectivity index (χ3v) is 5.46. The van der Waals surface area contributed by atoms with Gasteiger partial charge in [-0.15, -0.1) is 0 Å². The number of amides is 2. The number of ether oxygens (including phenoxy) is 1. The van der Waals surface area contributed by atoms with Gasteiger partial charge in [0.15, 0.2) is 0 Å². The lowest BCUT2D eigenvalue weighted by atomic mass is 10.1. The predicted molar refractivity (Wildman–Crippen MR) is 132 cm³/mol. The van der Waals surface area contributed by atoms with E-state index in [1.807, 2.05) is 67.1 Å². The third-order valence-electron chi connectivity index (χ3n) is 5.46. The summed E-state index contributed by atoms with van der Waals surface area (Å²) in [6, 6.07) is 23.9. The maximum absolute atomic E-state index is 12.9. The molecular formula is C27H26N4O3. The van der Waals surface area contributed by atoms with Gasteiger partial charge in [0.25, 0.3) is 11.8 Å². The number of hydrogen-bond acceptors (Lipinski definition) is 4. The first-order valence-electron chi connectivity index (χ1n) is 10.9. The van der Waals surface area contributed by atoms with E-state index in [4.69, 9.17) is 4.74 Å². The molecule has 4 rings (SSSR count). The van der Waals surface area contributed by atoms with E-state index in [-0.39, 0.29) is 11.8 Å². The van der Waals surface area contributed by atoms with Gasteiger partial charge in [-0.05, 0) is 67.9 Å². The molecule has 0 unspecified atom stereocenters. The number of carbonyl (C=O) groups excluding carboxylic acids is 2. The Labute approximate surface area is 198 Å². The lowest BCUT2D eigenvalue weighted by molar-refractivity contribution is 0.0962. The molecule has 0 saturated heterocycles. The Bertz CT molecular complexity index is 1310. The molecule has 0 radical (unpaired) electrons. The van der Waals surface area contributed by atoms with Gasteiger partial charge in [-0.3, -0.25) is 14.3 Å². The van der Waals surface area contributed by atoms with Crippen LogP contribution in [0.1, 0.15) is 37.7 Å². The highest BCUT2D eigenvalue weighted by Crippen LogP contribution is 2.24. The van der Waals surface area contributed by atoms with Gasteiger partial charge >= 0.3 is 0 Å².